The van der Waals surface area contributed by atoms with Crippen LogP contribution < -0.4 is 4.74 Å². The molecule has 0 aromatic heterocycles. The zero-order valence-electron chi connectivity index (χ0n) is 9.25. The zero-order valence-corrected chi connectivity index (χ0v) is 9.25. The molecule has 80 valence electrons. The second-order valence-electron chi connectivity index (χ2n) is 4.31. The Hall–Kier alpha value is -1.31. The maximum absolute atomic E-state index is 11.9. The summed E-state index contributed by atoms with van der Waals surface area (Å²) in [6.07, 6.45) is 2.63. The normalized spacial score (nSPS) is 25.6. The van der Waals surface area contributed by atoms with Crippen LogP contribution in [-0.2, 0) is 10.2 Å². The Labute approximate surface area is 90.3 Å². The first-order chi connectivity index (χ1) is 7.18. The zero-order chi connectivity index (χ0) is 10.9. The molecule has 2 heteroatoms. The largest absolute Gasteiger partial charge is 0.496 e. The molecule has 0 radical (unpaired) electrons. The molecule has 1 atom stereocenters. The van der Waals surface area contributed by atoms with E-state index in [0.29, 0.717) is 12.2 Å². The van der Waals surface area contributed by atoms with E-state index in [1.165, 1.54) is 0 Å². The fourth-order valence-electron chi connectivity index (χ4n) is 2.40. The summed E-state index contributed by atoms with van der Waals surface area (Å²) >= 11 is 0. The third kappa shape index (κ3) is 1.54. The third-order valence-corrected chi connectivity index (χ3v) is 3.40. The third-order valence-electron chi connectivity index (χ3n) is 3.40. The number of para-hydroxylation sites is 1. The van der Waals surface area contributed by atoms with Crippen LogP contribution in [0.2, 0.25) is 0 Å². The average molecular weight is 204 g/mol. The molecule has 1 aromatic rings. The van der Waals surface area contributed by atoms with E-state index in [2.05, 4.69) is 0 Å². The molecule has 0 amide bonds. The van der Waals surface area contributed by atoms with Crippen molar-refractivity contribution in [3.63, 3.8) is 0 Å². The van der Waals surface area contributed by atoms with Crippen LogP contribution in [0.4, 0.5) is 0 Å². The van der Waals surface area contributed by atoms with Gasteiger partial charge in [0.25, 0.3) is 0 Å². The predicted octanol–water partition coefficient (Wildman–Crippen LogP) is 2.71. The van der Waals surface area contributed by atoms with Gasteiger partial charge in [-0.3, -0.25) is 4.79 Å². The minimum absolute atomic E-state index is 0.327. The van der Waals surface area contributed by atoms with Crippen molar-refractivity contribution in [2.24, 2.45) is 0 Å². The summed E-state index contributed by atoms with van der Waals surface area (Å²) in [5.74, 6) is 1.17. The van der Waals surface area contributed by atoms with Crippen molar-refractivity contribution in [2.75, 3.05) is 7.11 Å². The van der Waals surface area contributed by atoms with Crippen LogP contribution in [0.1, 0.15) is 31.7 Å². The van der Waals surface area contributed by atoms with Crippen molar-refractivity contribution in [3.05, 3.63) is 29.8 Å². The van der Waals surface area contributed by atoms with E-state index < -0.39 is 0 Å². The molecule has 1 aromatic carbocycles. The quantitative estimate of drug-likeness (QED) is 0.740. The van der Waals surface area contributed by atoms with Gasteiger partial charge in [-0.1, -0.05) is 18.2 Å². The number of ketones is 1. The highest BCUT2D eigenvalue weighted by Crippen LogP contribution is 2.41. The molecular formula is C13H16O2. The lowest BCUT2D eigenvalue weighted by atomic mass is 9.79. The minimum atomic E-state index is -0.327. The summed E-state index contributed by atoms with van der Waals surface area (Å²) in [5.41, 5.74) is 0.710. The standard InChI is InChI=1S/C13H16O2/c1-13(9-5-8-12(13)14)10-6-3-4-7-11(10)15-2/h3-4,6-7H,5,8-9H2,1-2H3/t13-/m1/s1. The van der Waals surface area contributed by atoms with Gasteiger partial charge in [0, 0.05) is 12.0 Å². The number of methoxy groups -OCH3 is 1. The highest BCUT2D eigenvalue weighted by molar-refractivity contribution is 5.92. The average Bonchev–Trinajstić information content (AvgIpc) is 2.60. The van der Waals surface area contributed by atoms with Crippen LogP contribution in [0, 0.1) is 0 Å². The van der Waals surface area contributed by atoms with E-state index in [1.807, 2.05) is 31.2 Å². The number of benzene rings is 1. The summed E-state index contributed by atoms with van der Waals surface area (Å²) < 4.78 is 5.32. The number of rotatable bonds is 2. The second kappa shape index (κ2) is 3.69. The summed E-state index contributed by atoms with van der Waals surface area (Å²) in [4.78, 5) is 11.9. The van der Waals surface area contributed by atoms with Crippen LogP contribution in [0.25, 0.3) is 0 Å². The maximum atomic E-state index is 11.9. The van der Waals surface area contributed by atoms with Gasteiger partial charge in [0.15, 0.2) is 0 Å². The van der Waals surface area contributed by atoms with Gasteiger partial charge in [-0.15, -0.1) is 0 Å². The molecule has 0 aliphatic heterocycles. The summed E-state index contributed by atoms with van der Waals surface area (Å²) in [6.45, 7) is 2.03. The summed E-state index contributed by atoms with van der Waals surface area (Å²) in [7, 11) is 1.65. The molecule has 15 heavy (non-hydrogen) atoms. The van der Waals surface area contributed by atoms with Crippen molar-refractivity contribution in [1.29, 1.82) is 0 Å². The Morgan fingerprint density at radius 1 is 1.33 bits per heavy atom. The number of carbonyl (C=O) groups is 1. The molecule has 0 unspecified atom stereocenters. The molecule has 1 fully saturated rings. The number of hydrogen-bond donors (Lipinski definition) is 0. The molecule has 2 nitrogen and oxygen atoms in total. The number of Topliss-reactive ketones (excluding diaryl/α,β-unsaturated/α-hetero) is 1. The first kappa shape index (κ1) is 10.2. The smallest absolute Gasteiger partial charge is 0.143 e. The van der Waals surface area contributed by atoms with Crippen molar-refractivity contribution in [2.45, 2.75) is 31.6 Å². The van der Waals surface area contributed by atoms with Crippen molar-refractivity contribution < 1.29 is 9.53 Å². The Balaban J connectivity index is 2.48. The van der Waals surface area contributed by atoms with Crippen LogP contribution in [0.3, 0.4) is 0 Å². The number of ether oxygens (including phenoxy) is 1. The van der Waals surface area contributed by atoms with Crippen LogP contribution in [-0.4, -0.2) is 12.9 Å². The van der Waals surface area contributed by atoms with E-state index in [0.717, 1.165) is 24.2 Å². The van der Waals surface area contributed by atoms with Gasteiger partial charge < -0.3 is 4.74 Å². The van der Waals surface area contributed by atoms with Gasteiger partial charge in [0.05, 0.1) is 12.5 Å². The van der Waals surface area contributed by atoms with Crippen molar-refractivity contribution in [3.8, 4) is 5.75 Å². The van der Waals surface area contributed by atoms with Gasteiger partial charge in [-0.25, -0.2) is 0 Å². The van der Waals surface area contributed by atoms with Crippen LogP contribution in [0.15, 0.2) is 24.3 Å². The Bertz CT molecular complexity index is 384. The molecule has 1 saturated carbocycles. The first-order valence-electron chi connectivity index (χ1n) is 5.35. The topological polar surface area (TPSA) is 26.3 Å². The van der Waals surface area contributed by atoms with Gasteiger partial charge in [-0.2, -0.15) is 0 Å². The molecule has 0 saturated heterocycles. The molecule has 1 aliphatic carbocycles. The van der Waals surface area contributed by atoms with E-state index in [4.69, 9.17) is 4.74 Å². The van der Waals surface area contributed by atoms with Crippen molar-refractivity contribution >= 4 is 5.78 Å². The van der Waals surface area contributed by atoms with Gasteiger partial charge in [0.1, 0.15) is 11.5 Å². The Morgan fingerprint density at radius 3 is 2.67 bits per heavy atom. The summed E-state index contributed by atoms with van der Waals surface area (Å²) in [5, 5.41) is 0. The highest BCUT2D eigenvalue weighted by atomic mass is 16.5. The van der Waals surface area contributed by atoms with Crippen LogP contribution >= 0.6 is 0 Å². The number of carbonyl (C=O) groups excluding carboxylic acids is 1. The summed E-state index contributed by atoms with van der Waals surface area (Å²) in [6, 6.07) is 7.83. The molecule has 0 N–H and O–H groups in total. The first-order valence-corrected chi connectivity index (χ1v) is 5.35. The minimum Gasteiger partial charge on any atom is -0.496 e. The van der Waals surface area contributed by atoms with Gasteiger partial charge in [-0.05, 0) is 25.8 Å². The molecule has 0 heterocycles. The predicted molar refractivity (Wildman–Crippen MR) is 59.2 cm³/mol. The second-order valence-corrected chi connectivity index (χ2v) is 4.31. The van der Waals surface area contributed by atoms with Crippen LogP contribution in [0.5, 0.6) is 5.75 Å². The number of hydrogen-bond acceptors (Lipinski definition) is 2. The fourth-order valence-corrected chi connectivity index (χ4v) is 2.40. The molecule has 2 rings (SSSR count). The van der Waals surface area contributed by atoms with E-state index in [1.54, 1.807) is 7.11 Å². The fraction of sp³-hybridized carbons (Fsp3) is 0.462. The maximum Gasteiger partial charge on any atom is 0.143 e. The highest BCUT2D eigenvalue weighted by Gasteiger charge is 2.40. The van der Waals surface area contributed by atoms with E-state index >= 15 is 0 Å². The lowest BCUT2D eigenvalue weighted by Gasteiger charge is -2.24. The van der Waals surface area contributed by atoms with Gasteiger partial charge >= 0.3 is 0 Å². The SMILES string of the molecule is COc1ccccc1[C@@]1(C)CCCC1=O. The monoisotopic (exact) mass is 204 g/mol. The Kier molecular flexibility index (Phi) is 2.51. The molecule has 0 bridgehead atoms. The molecular weight excluding hydrogens is 188 g/mol. The Morgan fingerprint density at radius 2 is 2.07 bits per heavy atom. The van der Waals surface area contributed by atoms with E-state index in [9.17, 15) is 4.79 Å². The lowest BCUT2D eigenvalue weighted by molar-refractivity contribution is -0.121. The lowest BCUT2D eigenvalue weighted by Crippen LogP contribution is -2.27. The van der Waals surface area contributed by atoms with Gasteiger partial charge in [0.2, 0.25) is 0 Å². The molecule has 0 spiro atoms. The van der Waals surface area contributed by atoms with Crippen molar-refractivity contribution in [1.82, 2.24) is 0 Å². The molecule has 1 aliphatic rings. The van der Waals surface area contributed by atoms with E-state index in [-0.39, 0.29) is 5.41 Å².